The van der Waals surface area contributed by atoms with Gasteiger partial charge in [-0.25, -0.2) is 8.42 Å². The van der Waals surface area contributed by atoms with Crippen molar-refractivity contribution in [1.82, 2.24) is 0 Å². The number of carbonyl (C=O) groups excluding carboxylic acids is 1. The molecule has 2 aromatic carbocycles. The molecule has 0 bridgehead atoms. The van der Waals surface area contributed by atoms with Crippen LogP contribution >= 0.6 is 0 Å². The molecule has 0 fully saturated rings. The predicted molar refractivity (Wildman–Crippen MR) is 109 cm³/mol. The monoisotopic (exact) mass is 405 g/mol. The fourth-order valence-corrected chi connectivity index (χ4v) is 4.18. The summed E-state index contributed by atoms with van der Waals surface area (Å²) in [6.07, 6.45) is 1.28. The normalized spacial score (nSPS) is 12.3. The maximum Gasteiger partial charge on any atom is 0.271 e. The van der Waals surface area contributed by atoms with Gasteiger partial charge in [-0.2, -0.15) is 0 Å². The highest BCUT2D eigenvalue weighted by atomic mass is 32.2. The molecule has 0 saturated carbocycles. The molecular weight excluding hydrogens is 382 g/mol. The van der Waals surface area contributed by atoms with Crippen LogP contribution in [0, 0.1) is 24.0 Å². The van der Waals surface area contributed by atoms with Crippen LogP contribution in [0.1, 0.15) is 24.5 Å². The van der Waals surface area contributed by atoms with Crippen molar-refractivity contribution in [2.45, 2.75) is 33.2 Å². The number of aryl methyl sites for hydroxylation is 2. The highest BCUT2D eigenvalue weighted by Gasteiger charge is 2.32. The lowest BCUT2D eigenvalue weighted by Crippen LogP contribution is -2.47. The Morgan fingerprint density at radius 1 is 1.21 bits per heavy atom. The first-order chi connectivity index (χ1) is 13.0. The fraction of sp³-hybridized carbons (Fsp3) is 0.316. The number of hydrogen-bond donors (Lipinski definition) is 1. The van der Waals surface area contributed by atoms with Gasteiger partial charge in [0.15, 0.2) is 0 Å². The number of anilines is 2. The number of sulfonamides is 1. The molecule has 0 aliphatic rings. The van der Waals surface area contributed by atoms with Crippen molar-refractivity contribution in [3.05, 3.63) is 63.7 Å². The number of rotatable bonds is 7. The van der Waals surface area contributed by atoms with Gasteiger partial charge in [0.25, 0.3) is 5.69 Å². The predicted octanol–water partition coefficient (Wildman–Crippen LogP) is 3.39. The summed E-state index contributed by atoms with van der Waals surface area (Å²) < 4.78 is 26.2. The van der Waals surface area contributed by atoms with E-state index in [1.165, 1.54) is 24.3 Å². The van der Waals surface area contributed by atoms with Gasteiger partial charge in [-0.1, -0.05) is 25.1 Å². The van der Waals surface area contributed by atoms with Gasteiger partial charge in [0.2, 0.25) is 15.9 Å². The number of nitro groups is 1. The Hall–Kier alpha value is -2.94. The van der Waals surface area contributed by atoms with Crippen molar-refractivity contribution in [3.8, 4) is 0 Å². The van der Waals surface area contributed by atoms with Crippen LogP contribution in [0.4, 0.5) is 17.1 Å². The molecule has 1 unspecified atom stereocenters. The van der Waals surface area contributed by atoms with E-state index < -0.39 is 26.9 Å². The van der Waals surface area contributed by atoms with E-state index in [4.69, 9.17) is 0 Å². The van der Waals surface area contributed by atoms with Crippen LogP contribution in [0.15, 0.2) is 42.5 Å². The van der Waals surface area contributed by atoms with E-state index in [9.17, 15) is 23.3 Å². The van der Waals surface area contributed by atoms with E-state index in [2.05, 4.69) is 5.32 Å². The Labute approximate surface area is 164 Å². The average molecular weight is 405 g/mol. The van der Waals surface area contributed by atoms with Crippen LogP contribution in [-0.2, 0) is 14.8 Å². The Kier molecular flexibility index (Phi) is 6.40. The lowest BCUT2D eigenvalue weighted by Gasteiger charge is -2.31. The largest absolute Gasteiger partial charge is 0.324 e. The molecule has 1 atom stereocenters. The minimum atomic E-state index is -3.76. The molecule has 0 spiro atoms. The van der Waals surface area contributed by atoms with Gasteiger partial charge in [0.1, 0.15) is 6.04 Å². The second kappa shape index (κ2) is 8.39. The van der Waals surface area contributed by atoms with Crippen molar-refractivity contribution in [3.63, 3.8) is 0 Å². The highest BCUT2D eigenvalue weighted by Crippen LogP contribution is 2.28. The third-order valence-corrected chi connectivity index (χ3v) is 5.42. The summed E-state index contributed by atoms with van der Waals surface area (Å²) in [7, 11) is -3.76. The van der Waals surface area contributed by atoms with Gasteiger partial charge in [-0.05, 0) is 43.5 Å². The number of carbonyl (C=O) groups is 1. The summed E-state index contributed by atoms with van der Waals surface area (Å²) in [5, 5.41) is 13.5. The van der Waals surface area contributed by atoms with Gasteiger partial charge in [0, 0.05) is 17.8 Å². The summed E-state index contributed by atoms with van der Waals surface area (Å²) in [4.78, 5) is 23.3. The number of hydrogen-bond acceptors (Lipinski definition) is 5. The van der Waals surface area contributed by atoms with Crippen LogP contribution in [-0.4, -0.2) is 31.5 Å². The first-order valence-corrected chi connectivity index (χ1v) is 10.5. The molecular formula is C19H23N3O5S. The van der Waals surface area contributed by atoms with Gasteiger partial charge in [-0.15, -0.1) is 0 Å². The van der Waals surface area contributed by atoms with E-state index >= 15 is 0 Å². The maximum absolute atomic E-state index is 12.9. The zero-order valence-electron chi connectivity index (χ0n) is 16.2. The van der Waals surface area contributed by atoms with Crippen LogP contribution < -0.4 is 9.62 Å². The number of nitrogens with zero attached hydrogens (tertiary/aromatic N) is 2. The van der Waals surface area contributed by atoms with Gasteiger partial charge >= 0.3 is 0 Å². The minimum Gasteiger partial charge on any atom is -0.324 e. The third kappa shape index (κ3) is 4.86. The van der Waals surface area contributed by atoms with E-state index in [0.29, 0.717) is 5.69 Å². The van der Waals surface area contributed by atoms with Crippen LogP contribution in [0.2, 0.25) is 0 Å². The molecule has 0 aliphatic heterocycles. The molecule has 1 N–H and O–H groups in total. The standard InChI is InChI=1S/C19H23N3O5S/c1-5-17(19(23)20-15-7-6-8-16(12-15)22(24)25)21(28(4,26)27)18-11-13(2)9-10-14(18)3/h6-12,17H,5H2,1-4H3,(H,20,23). The number of nitro benzene ring substituents is 1. The summed E-state index contributed by atoms with van der Waals surface area (Å²) in [6, 6.07) is 9.89. The molecule has 0 radical (unpaired) electrons. The maximum atomic E-state index is 12.9. The van der Waals surface area contributed by atoms with Crippen molar-refractivity contribution in [2.24, 2.45) is 0 Å². The van der Waals surface area contributed by atoms with Crippen molar-refractivity contribution < 1.29 is 18.1 Å². The molecule has 0 aromatic heterocycles. The SMILES string of the molecule is CCC(C(=O)Nc1cccc([N+](=O)[O-])c1)N(c1cc(C)ccc1C)S(C)(=O)=O. The summed E-state index contributed by atoms with van der Waals surface area (Å²) in [5.74, 6) is -0.561. The smallest absolute Gasteiger partial charge is 0.271 e. The molecule has 2 aromatic rings. The molecule has 150 valence electrons. The number of benzene rings is 2. The van der Waals surface area contributed by atoms with Gasteiger partial charge in [0.05, 0.1) is 16.9 Å². The molecule has 28 heavy (non-hydrogen) atoms. The lowest BCUT2D eigenvalue weighted by atomic mass is 10.1. The average Bonchev–Trinajstić information content (AvgIpc) is 2.61. The number of amides is 1. The third-order valence-electron chi connectivity index (χ3n) is 4.26. The molecule has 9 heteroatoms. The van der Waals surface area contributed by atoms with E-state index in [1.807, 2.05) is 13.0 Å². The van der Waals surface area contributed by atoms with Crippen LogP contribution in [0.25, 0.3) is 0 Å². The Bertz CT molecular complexity index is 1000. The zero-order chi connectivity index (χ0) is 21.1. The fourth-order valence-electron chi connectivity index (χ4n) is 2.92. The van der Waals surface area contributed by atoms with Crippen LogP contribution in [0.3, 0.4) is 0 Å². The number of nitrogens with one attached hydrogen (secondary N) is 1. The van der Waals surface area contributed by atoms with E-state index in [0.717, 1.165) is 21.7 Å². The van der Waals surface area contributed by atoms with Crippen molar-refractivity contribution >= 4 is 33.0 Å². The van der Waals surface area contributed by atoms with Crippen LogP contribution in [0.5, 0.6) is 0 Å². The molecule has 2 rings (SSSR count). The molecule has 0 aliphatic carbocycles. The lowest BCUT2D eigenvalue weighted by molar-refractivity contribution is -0.384. The van der Waals surface area contributed by atoms with Gasteiger partial charge < -0.3 is 5.32 Å². The quantitative estimate of drug-likeness (QED) is 0.561. The summed E-state index contributed by atoms with van der Waals surface area (Å²) >= 11 is 0. The second-order valence-electron chi connectivity index (χ2n) is 6.57. The Morgan fingerprint density at radius 3 is 2.46 bits per heavy atom. The summed E-state index contributed by atoms with van der Waals surface area (Å²) in [6.45, 7) is 5.33. The first-order valence-electron chi connectivity index (χ1n) is 8.66. The second-order valence-corrected chi connectivity index (χ2v) is 8.43. The first kappa shape index (κ1) is 21.4. The molecule has 8 nitrogen and oxygen atoms in total. The Balaban J connectivity index is 2.44. The minimum absolute atomic E-state index is 0.166. The van der Waals surface area contributed by atoms with E-state index in [1.54, 1.807) is 26.0 Å². The number of non-ortho nitro benzene ring substituents is 1. The van der Waals surface area contributed by atoms with Crippen molar-refractivity contribution in [2.75, 3.05) is 15.9 Å². The Morgan fingerprint density at radius 2 is 1.89 bits per heavy atom. The molecule has 1 amide bonds. The molecule has 0 saturated heterocycles. The van der Waals surface area contributed by atoms with Gasteiger partial charge in [-0.3, -0.25) is 19.2 Å². The summed E-state index contributed by atoms with van der Waals surface area (Å²) in [5.41, 5.74) is 2.08. The topological polar surface area (TPSA) is 110 Å². The zero-order valence-corrected chi connectivity index (χ0v) is 17.0. The highest BCUT2D eigenvalue weighted by molar-refractivity contribution is 7.92. The molecule has 0 heterocycles. The van der Waals surface area contributed by atoms with E-state index in [-0.39, 0.29) is 17.8 Å². The van der Waals surface area contributed by atoms with Crippen molar-refractivity contribution in [1.29, 1.82) is 0 Å².